The molecule has 11 heteroatoms. The Kier molecular flexibility index (Phi) is 5.02. The smallest absolute Gasteiger partial charge is 0.342 e. The third-order valence-electron chi connectivity index (χ3n) is 5.27. The van der Waals surface area contributed by atoms with Crippen LogP contribution >= 0.6 is 11.6 Å². The maximum Gasteiger partial charge on any atom is 0.342 e. The number of fused-ring (bicyclic) bond motifs is 2. The molecular formula is C23H14ClF2N5O3. The van der Waals surface area contributed by atoms with Gasteiger partial charge in [-0.15, -0.1) is 0 Å². The lowest BCUT2D eigenvalue weighted by Crippen LogP contribution is -2.39. The monoisotopic (exact) mass is 481 g/mol. The van der Waals surface area contributed by atoms with Crippen LogP contribution in [-0.2, 0) is 0 Å². The first kappa shape index (κ1) is 21.5. The predicted molar refractivity (Wildman–Crippen MR) is 123 cm³/mol. The van der Waals surface area contributed by atoms with Gasteiger partial charge in [-0.05, 0) is 36.4 Å². The van der Waals surface area contributed by atoms with Gasteiger partial charge in [0.25, 0.3) is 5.56 Å². The van der Waals surface area contributed by atoms with Gasteiger partial charge in [-0.3, -0.25) is 13.8 Å². The SMILES string of the molecule is C=Cc1cc2c(c(OC)n1)c(=O)n(-c1cnc3cc(F)ccn13)c(=O)n2-c1ccc(F)c(Cl)c1. The fraction of sp³-hybridized carbons (Fsp3) is 0.0435. The van der Waals surface area contributed by atoms with Gasteiger partial charge in [0.15, 0.2) is 0 Å². The summed E-state index contributed by atoms with van der Waals surface area (Å²) in [5.41, 5.74) is -0.670. The zero-order valence-electron chi connectivity index (χ0n) is 17.5. The van der Waals surface area contributed by atoms with Crippen LogP contribution in [0.1, 0.15) is 5.69 Å². The summed E-state index contributed by atoms with van der Waals surface area (Å²) in [4.78, 5) is 35.8. The van der Waals surface area contributed by atoms with E-state index in [1.165, 1.54) is 58.8 Å². The number of pyridine rings is 2. The number of imidazole rings is 1. The zero-order valence-corrected chi connectivity index (χ0v) is 18.3. The Morgan fingerprint density at radius 3 is 2.62 bits per heavy atom. The number of nitrogens with zero attached hydrogens (tertiary/aromatic N) is 5. The first-order valence-electron chi connectivity index (χ1n) is 9.81. The van der Waals surface area contributed by atoms with Gasteiger partial charge in [-0.1, -0.05) is 18.2 Å². The molecule has 8 nitrogen and oxygen atoms in total. The summed E-state index contributed by atoms with van der Waals surface area (Å²) in [6.07, 6.45) is 4.04. The molecule has 0 N–H and O–H groups in total. The van der Waals surface area contributed by atoms with E-state index in [2.05, 4.69) is 16.5 Å². The van der Waals surface area contributed by atoms with Crippen molar-refractivity contribution in [1.82, 2.24) is 23.5 Å². The molecule has 170 valence electrons. The van der Waals surface area contributed by atoms with Crippen LogP contribution in [0.15, 0.2) is 65.0 Å². The summed E-state index contributed by atoms with van der Waals surface area (Å²) in [5.74, 6) is -1.20. The average Bonchev–Trinajstić information content (AvgIpc) is 3.23. The van der Waals surface area contributed by atoms with E-state index in [1.807, 2.05) is 0 Å². The molecule has 5 aromatic rings. The quantitative estimate of drug-likeness (QED) is 0.390. The van der Waals surface area contributed by atoms with Gasteiger partial charge in [0.05, 0.1) is 35.2 Å². The van der Waals surface area contributed by atoms with Crippen molar-refractivity contribution >= 4 is 34.2 Å². The molecule has 0 amide bonds. The minimum absolute atomic E-state index is 0.0230. The number of benzene rings is 1. The van der Waals surface area contributed by atoms with E-state index in [1.54, 1.807) is 0 Å². The van der Waals surface area contributed by atoms with Crippen molar-refractivity contribution in [1.29, 1.82) is 0 Å². The number of methoxy groups -OCH3 is 1. The molecular weight excluding hydrogens is 468 g/mol. The van der Waals surface area contributed by atoms with E-state index < -0.39 is 22.9 Å². The molecule has 0 saturated carbocycles. The largest absolute Gasteiger partial charge is 0.480 e. The highest BCUT2D eigenvalue weighted by Crippen LogP contribution is 2.26. The van der Waals surface area contributed by atoms with Crippen LogP contribution < -0.4 is 16.0 Å². The number of hydrogen-bond donors (Lipinski definition) is 0. The summed E-state index contributed by atoms with van der Waals surface area (Å²) < 4.78 is 36.3. The maximum absolute atomic E-state index is 13.9. The van der Waals surface area contributed by atoms with Crippen molar-refractivity contribution in [2.75, 3.05) is 7.11 Å². The van der Waals surface area contributed by atoms with Crippen LogP contribution in [0.3, 0.4) is 0 Å². The van der Waals surface area contributed by atoms with Gasteiger partial charge in [0.2, 0.25) is 5.88 Å². The number of aromatic nitrogens is 5. The normalized spacial score (nSPS) is 11.3. The molecule has 0 aliphatic heterocycles. The Bertz CT molecular complexity index is 1760. The van der Waals surface area contributed by atoms with Crippen molar-refractivity contribution in [3.05, 3.63) is 98.6 Å². The van der Waals surface area contributed by atoms with E-state index in [-0.39, 0.29) is 39.0 Å². The van der Waals surface area contributed by atoms with Crippen LogP contribution in [0.2, 0.25) is 5.02 Å². The van der Waals surface area contributed by atoms with Crippen molar-refractivity contribution in [3.8, 4) is 17.4 Å². The summed E-state index contributed by atoms with van der Waals surface area (Å²) in [6.45, 7) is 3.68. The number of hydrogen-bond acceptors (Lipinski definition) is 5. The van der Waals surface area contributed by atoms with Crippen LogP contribution in [-0.4, -0.2) is 30.6 Å². The van der Waals surface area contributed by atoms with Crippen LogP contribution in [0.4, 0.5) is 8.78 Å². The molecule has 0 spiro atoms. The molecule has 0 atom stereocenters. The summed E-state index contributed by atoms with van der Waals surface area (Å²) >= 11 is 5.99. The second-order valence-electron chi connectivity index (χ2n) is 7.20. The number of ether oxygens (including phenoxy) is 1. The van der Waals surface area contributed by atoms with Gasteiger partial charge in [-0.25, -0.2) is 28.1 Å². The zero-order chi connectivity index (χ0) is 24.1. The Morgan fingerprint density at radius 1 is 1.12 bits per heavy atom. The van der Waals surface area contributed by atoms with E-state index >= 15 is 0 Å². The van der Waals surface area contributed by atoms with Gasteiger partial charge in [0.1, 0.15) is 28.5 Å². The van der Waals surface area contributed by atoms with Crippen molar-refractivity contribution in [2.24, 2.45) is 0 Å². The van der Waals surface area contributed by atoms with Crippen LogP contribution in [0.25, 0.3) is 34.1 Å². The first-order valence-corrected chi connectivity index (χ1v) is 10.2. The molecule has 0 fully saturated rings. The van der Waals surface area contributed by atoms with Crippen LogP contribution in [0, 0.1) is 11.6 Å². The lowest BCUT2D eigenvalue weighted by molar-refractivity contribution is 0.402. The van der Waals surface area contributed by atoms with Crippen molar-refractivity contribution in [2.45, 2.75) is 0 Å². The van der Waals surface area contributed by atoms with Crippen molar-refractivity contribution < 1.29 is 13.5 Å². The average molecular weight is 482 g/mol. The highest BCUT2D eigenvalue weighted by molar-refractivity contribution is 6.30. The highest BCUT2D eigenvalue weighted by atomic mass is 35.5. The second-order valence-corrected chi connectivity index (χ2v) is 7.61. The van der Waals surface area contributed by atoms with E-state index in [0.717, 1.165) is 16.7 Å². The van der Waals surface area contributed by atoms with Gasteiger partial charge < -0.3 is 4.74 Å². The minimum atomic E-state index is -0.797. The number of halogens is 3. The fourth-order valence-electron chi connectivity index (χ4n) is 3.74. The fourth-order valence-corrected chi connectivity index (χ4v) is 3.92. The van der Waals surface area contributed by atoms with Gasteiger partial charge in [-0.2, -0.15) is 0 Å². The maximum atomic E-state index is 13.9. The second kappa shape index (κ2) is 7.92. The molecule has 0 aliphatic rings. The molecule has 0 saturated heterocycles. The minimum Gasteiger partial charge on any atom is -0.480 e. The van der Waals surface area contributed by atoms with Gasteiger partial charge in [0, 0.05) is 12.3 Å². The first-order chi connectivity index (χ1) is 16.3. The molecule has 5 rings (SSSR count). The molecule has 0 radical (unpaired) electrons. The summed E-state index contributed by atoms with van der Waals surface area (Å²) in [6, 6.07) is 7.53. The molecule has 0 aliphatic carbocycles. The van der Waals surface area contributed by atoms with Gasteiger partial charge >= 0.3 is 5.69 Å². The molecule has 0 bridgehead atoms. The van der Waals surface area contributed by atoms with E-state index in [9.17, 15) is 18.4 Å². The third kappa shape index (κ3) is 3.19. The lowest BCUT2D eigenvalue weighted by atomic mass is 10.2. The topological polar surface area (TPSA) is 83.4 Å². The van der Waals surface area contributed by atoms with Crippen LogP contribution in [0.5, 0.6) is 5.88 Å². The molecule has 4 aromatic heterocycles. The summed E-state index contributed by atoms with van der Waals surface area (Å²) in [7, 11) is 1.33. The van der Waals surface area contributed by atoms with E-state index in [0.29, 0.717) is 5.69 Å². The molecule has 4 heterocycles. The van der Waals surface area contributed by atoms with Crippen molar-refractivity contribution in [3.63, 3.8) is 0 Å². The highest BCUT2D eigenvalue weighted by Gasteiger charge is 2.23. The molecule has 0 unspecified atom stereocenters. The Hall–Kier alpha value is -4.31. The Morgan fingerprint density at radius 2 is 1.91 bits per heavy atom. The predicted octanol–water partition coefficient (Wildman–Crippen LogP) is 3.77. The molecule has 34 heavy (non-hydrogen) atoms. The summed E-state index contributed by atoms with van der Waals surface area (Å²) in [5, 5.41) is -0.240. The Labute approximate surface area is 194 Å². The lowest BCUT2D eigenvalue weighted by Gasteiger charge is -2.16. The standard InChI is InChI=1S/C23H14ClF2N5O3/c1-3-13-9-17-20(21(28-13)34-2)22(32)31(19-11-27-18-8-12(25)6-7-29(18)19)23(33)30(17)14-4-5-16(26)15(24)10-14/h3-11H,1H2,2H3. The Balaban J connectivity index is 2.00. The molecule has 1 aromatic carbocycles. The third-order valence-corrected chi connectivity index (χ3v) is 5.56. The number of rotatable bonds is 4. The van der Waals surface area contributed by atoms with E-state index in [4.69, 9.17) is 16.3 Å².